The minimum atomic E-state index is -0.0486. The van der Waals surface area contributed by atoms with Gasteiger partial charge < -0.3 is 4.74 Å². The molecule has 0 saturated carbocycles. The molecule has 0 amide bonds. The van der Waals surface area contributed by atoms with Crippen LogP contribution in [0.5, 0.6) is 0 Å². The smallest absolute Gasteiger partial charge is 0.308 e. The van der Waals surface area contributed by atoms with E-state index < -0.39 is 0 Å². The second-order valence-corrected chi connectivity index (χ2v) is 2.27. The van der Waals surface area contributed by atoms with Crippen molar-refractivity contribution in [3.05, 3.63) is 0 Å². The van der Waals surface area contributed by atoms with Gasteiger partial charge in [-0.25, -0.2) is 0 Å². The molecule has 0 aromatic carbocycles. The lowest BCUT2D eigenvalue weighted by atomic mass is 10.0. The maximum absolute atomic E-state index is 11.0. The Labute approximate surface area is 79.4 Å². The van der Waals surface area contributed by atoms with Crippen molar-refractivity contribution in [3.63, 3.8) is 0 Å². The normalized spacial score (nSPS) is 9.09. The summed E-state index contributed by atoms with van der Waals surface area (Å²) in [6, 6.07) is 0. The number of carbonyl (C=O) groups excluding carboxylic acids is 1. The minimum Gasteiger partial charge on any atom is -0.466 e. The highest BCUT2D eigenvalue weighted by Crippen LogP contribution is 2.08. The van der Waals surface area contributed by atoms with Crippen LogP contribution in [-0.4, -0.2) is 29.9 Å². The molecule has 0 radical (unpaired) electrons. The van der Waals surface area contributed by atoms with E-state index in [0.717, 1.165) is 12.8 Å². The summed E-state index contributed by atoms with van der Waals surface area (Å²) in [6.07, 6.45) is 1.77. The Bertz CT molecular complexity index is 100. The van der Waals surface area contributed by atoms with Crippen LogP contribution < -0.4 is 0 Å². The molecule has 0 bridgehead atoms. The lowest BCUT2D eigenvalue weighted by Crippen LogP contribution is -2.15. The molecule has 0 N–H and O–H groups in total. The van der Waals surface area contributed by atoms with Crippen LogP contribution in [0.3, 0.4) is 0 Å². The Kier molecular flexibility index (Phi) is 10.0. The molecule has 3 heteroatoms. The van der Waals surface area contributed by atoms with E-state index in [4.69, 9.17) is 4.74 Å². The van der Waals surface area contributed by atoms with Crippen LogP contribution in [0.25, 0.3) is 0 Å². The second-order valence-electron chi connectivity index (χ2n) is 2.27. The van der Waals surface area contributed by atoms with E-state index in [1.807, 2.05) is 20.8 Å². The first-order valence-corrected chi connectivity index (χ1v) is 3.92. The van der Waals surface area contributed by atoms with Crippen molar-refractivity contribution in [1.29, 1.82) is 0 Å². The van der Waals surface area contributed by atoms with Crippen molar-refractivity contribution in [2.24, 2.45) is 5.92 Å². The molecule has 0 rings (SSSR count). The molecule has 0 heterocycles. The number of esters is 1. The molecule has 11 heavy (non-hydrogen) atoms. The summed E-state index contributed by atoms with van der Waals surface area (Å²) in [6.45, 7) is 6.34. The van der Waals surface area contributed by atoms with Crippen molar-refractivity contribution < 1.29 is 9.53 Å². The van der Waals surface area contributed by atoms with Gasteiger partial charge in [0.1, 0.15) is 0 Å². The summed E-state index contributed by atoms with van der Waals surface area (Å²) in [5.41, 5.74) is 0. The Morgan fingerprint density at radius 2 is 1.73 bits per heavy atom. The highest BCUT2D eigenvalue weighted by Gasteiger charge is 2.13. The first kappa shape index (κ1) is 13.6. The molecule has 0 aliphatic heterocycles. The topological polar surface area (TPSA) is 26.3 Å². The summed E-state index contributed by atoms with van der Waals surface area (Å²) in [4.78, 5) is 11.0. The SMILES string of the molecule is CCOC(=O)C(CC)CC.[AlH3]. The van der Waals surface area contributed by atoms with Crippen molar-refractivity contribution in [3.8, 4) is 0 Å². The summed E-state index contributed by atoms with van der Waals surface area (Å²) in [5.74, 6) is 0.0625. The predicted molar refractivity (Wildman–Crippen MR) is 50.6 cm³/mol. The van der Waals surface area contributed by atoms with Crippen LogP contribution in [-0.2, 0) is 9.53 Å². The van der Waals surface area contributed by atoms with Crippen LogP contribution in [0.15, 0.2) is 0 Å². The number of carbonyl (C=O) groups is 1. The summed E-state index contributed by atoms with van der Waals surface area (Å²) in [5, 5.41) is 0. The zero-order valence-electron chi connectivity index (χ0n) is 7.02. The van der Waals surface area contributed by atoms with Gasteiger partial charge in [-0.3, -0.25) is 4.79 Å². The molecular formula is C8H19AlO2. The van der Waals surface area contributed by atoms with Gasteiger partial charge in [-0.2, -0.15) is 0 Å². The Balaban J connectivity index is 0. The Morgan fingerprint density at radius 1 is 1.27 bits per heavy atom. The Hall–Kier alpha value is 0.00247. The molecule has 2 nitrogen and oxygen atoms in total. The fourth-order valence-corrected chi connectivity index (χ4v) is 0.882. The maximum atomic E-state index is 11.0. The highest BCUT2D eigenvalue weighted by atomic mass is 27.0. The third-order valence-corrected chi connectivity index (χ3v) is 1.61. The van der Waals surface area contributed by atoms with Gasteiger partial charge in [0, 0.05) is 0 Å². The van der Waals surface area contributed by atoms with E-state index in [1.54, 1.807) is 0 Å². The van der Waals surface area contributed by atoms with Crippen molar-refractivity contribution >= 4 is 23.3 Å². The minimum absolute atomic E-state index is 0. The molecule has 0 aliphatic rings. The zero-order chi connectivity index (χ0) is 7.98. The highest BCUT2D eigenvalue weighted by molar-refractivity contribution is 5.75. The monoisotopic (exact) mass is 174 g/mol. The van der Waals surface area contributed by atoms with Gasteiger partial charge in [0.15, 0.2) is 17.4 Å². The molecule has 0 aromatic rings. The average Bonchev–Trinajstić information content (AvgIpc) is 1.91. The van der Waals surface area contributed by atoms with E-state index in [-0.39, 0.29) is 29.2 Å². The molecule has 0 fully saturated rings. The third kappa shape index (κ3) is 5.29. The van der Waals surface area contributed by atoms with E-state index in [9.17, 15) is 4.79 Å². The number of hydrogen-bond donors (Lipinski definition) is 0. The largest absolute Gasteiger partial charge is 0.466 e. The van der Waals surface area contributed by atoms with Crippen LogP contribution in [0.2, 0.25) is 0 Å². The first-order valence-electron chi connectivity index (χ1n) is 3.92. The van der Waals surface area contributed by atoms with E-state index in [2.05, 4.69) is 0 Å². The number of rotatable bonds is 4. The van der Waals surface area contributed by atoms with E-state index in [1.165, 1.54) is 0 Å². The molecule has 0 aliphatic carbocycles. The lowest BCUT2D eigenvalue weighted by Gasteiger charge is -2.09. The summed E-state index contributed by atoms with van der Waals surface area (Å²) in [7, 11) is 0. The summed E-state index contributed by atoms with van der Waals surface area (Å²) >= 11 is 0. The second kappa shape index (κ2) is 8.10. The average molecular weight is 174 g/mol. The molecule has 0 unspecified atom stereocenters. The third-order valence-electron chi connectivity index (χ3n) is 1.61. The molecular weight excluding hydrogens is 155 g/mol. The van der Waals surface area contributed by atoms with Crippen molar-refractivity contribution in [2.75, 3.05) is 6.61 Å². The fraction of sp³-hybridized carbons (Fsp3) is 0.875. The molecule has 66 valence electrons. The molecule has 0 atom stereocenters. The van der Waals surface area contributed by atoms with Crippen molar-refractivity contribution in [2.45, 2.75) is 33.6 Å². The van der Waals surface area contributed by atoms with Crippen LogP contribution in [0.1, 0.15) is 33.6 Å². The standard InChI is InChI=1S/C8H16O2.Al.3H/c1-4-7(5-2)8(9)10-6-3;;;;/h7H,4-6H2,1-3H3;;;;. The van der Waals surface area contributed by atoms with E-state index in [0.29, 0.717) is 6.61 Å². The van der Waals surface area contributed by atoms with Gasteiger partial charge in [-0.15, -0.1) is 0 Å². The predicted octanol–water partition coefficient (Wildman–Crippen LogP) is 0.802. The zero-order valence-corrected chi connectivity index (χ0v) is 7.02. The van der Waals surface area contributed by atoms with Gasteiger partial charge in [0.2, 0.25) is 0 Å². The maximum Gasteiger partial charge on any atom is 0.308 e. The van der Waals surface area contributed by atoms with E-state index >= 15 is 0 Å². The van der Waals surface area contributed by atoms with Gasteiger partial charge in [-0.05, 0) is 19.8 Å². The molecule has 0 spiro atoms. The van der Waals surface area contributed by atoms with Crippen LogP contribution in [0.4, 0.5) is 0 Å². The fourth-order valence-electron chi connectivity index (χ4n) is 0.882. The molecule has 0 aromatic heterocycles. The number of ether oxygens (including phenoxy) is 1. The van der Waals surface area contributed by atoms with Gasteiger partial charge >= 0.3 is 5.97 Å². The van der Waals surface area contributed by atoms with Crippen molar-refractivity contribution in [1.82, 2.24) is 0 Å². The van der Waals surface area contributed by atoms with Crippen LogP contribution >= 0.6 is 0 Å². The lowest BCUT2D eigenvalue weighted by molar-refractivity contribution is -0.148. The van der Waals surface area contributed by atoms with Gasteiger partial charge in [0.25, 0.3) is 0 Å². The Morgan fingerprint density at radius 3 is 2.00 bits per heavy atom. The van der Waals surface area contributed by atoms with Crippen LogP contribution in [0, 0.1) is 5.92 Å². The van der Waals surface area contributed by atoms with Gasteiger partial charge in [-0.1, -0.05) is 13.8 Å². The number of hydrogen-bond acceptors (Lipinski definition) is 2. The summed E-state index contributed by atoms with van der Waals surface area (Å²) < 4.78 is 4.85. The molecule has 0 saturated heterocycles. The first-order chi connectivity index (χ1) is 4.76. The van der Waals surface area contributed by atoms with Gasteiger partial charge in [0.05, 0.1) is 12.5 Å². The quantitative estimate of drug-likeness (QED) is 0.465.